The SMILES string of the molecule is CCOC(=O)c1c[nH]c2c(C(=O)NCc3ccc4c(c3)NC(=O)CO4)ncnc12. The number of carbonyl (C=O) groups is 3. The van der Waals surface area contributed by atoms with E-state index in [2.05, 4.69) is 25.6 Å². The number of esters is 1. The summed E-state index contributed by atoms with van der Waals surface area (Å²) in [5, 5.41) is 5.49. The Bertz CT molecular complexity index is 1120. The third kappa shape index (κ3) is 3.59. The second-order valence-electron chi connectivity index (χ2n) is 6.22. The summed E-state index contributed by atoms with van der Waals surface area (Å²) in [6.45, 7) is 2.13. The summed E-state index contributed by atoms with van der Waals surface area (Å²) in [4.78, 5) is 47.1. The summed E-state index contributed by atoms with van der Waals surface area (Å²) in [5.41, 5.74) is 2.34. The van der Waals surface area contributed by atoms with Crippen molar-refractivity contribution in [3.05, 3.63) is 47.5 Å². The fraction of sp³-hybridized carbons (Fsp3) is 0.211. The maximum absolute atomic E-state index is 12.6. The minimum Gasteiger partial charge on any atom is -0.482 e. The van der Waals surface area contributed by atoms with Crippen LogP contribution in [0.4, 0.5) is 5.69 Å². The van der Waals surface area contributed by atoms with Crippen molar-refractivity contribution in [3.8, 4) is 5.75 Å². The van der Waals surface area contributed by atoms with E-state index in [0.29, 0.717) is 22.5 Å². The zero-order valence-electron chi connectivity index (χ0n) is 15.4. The second-order valence-corrected chi connectivity index (χ2v) is 6.22. The molecule has 0 aliphatic carbocycles. The standard InChI is InChI=1S/C19H17N5O5/c1-2-28-19(27)11-7-20-16-15(11)22-9-23-17(16)18(26)21-6-10-3-4-13-12(5-10)24-14(25)8-29-13/h3-5,7,9,20H,2,6,8H2,1H3,(H,21,26)(H,24,25). The van der Waals surface area contributed by atoms with Gasteiger partial charge in [0.15, 0.2) is 12.3 Å². The van der Waals surface area contributed by atoms with E-state index >= 15 is 0 Å². The number of benzene rings is 1. The van der Waals surface area contributed by atoms with Crippen LogP contribution in [0, 0.1) is 0 Å². The molecule has 0 radical (unpaired) electrons. The van der Waals surface area contributed by atoms with Crippen LogP contribution in [0.3, 0.4) is 0 Å². The van der Waals surface area contributed by atoms with Crippen molar-refractivity contribution in [1.29, 1.82) is 0 Å². The highest BCUT2D eigenvalue weighted by atomic mass is 16.5. The number of hydrogen-bond acceptors (Lipinski definition) is 7. The summed E-state index contributed by atoms with van der Waals surface area (Å²) in [5.74, 6) is -0.615. The highest BCUT2D eigenvalue weighted by Gasteiger charge is 2.20. The number of aromatic amines is 1. The number of nitrogens with one attached hydrogen (secondary N) is 3. The molecule has 0 spiro atoms. The molecule has 3 N–H and O–H groups in total. The number of fused-ring (bicyclic) bond motifs is 2. The lowest BCUT2D eigenvalue weighted by molar-refractivity contribution is -0.118. The minimum absolute atomic E-state index is 0.0171. The van der Waals surface area contributed by atoms with E-state index < -0.39 is 11.9 Å². The van der Waals surface area contributed by atoms with Crippen LogP contribution in [0.5, 0.6) is 5.75 Å². The third-order valence-electron chi connectivity index (χ3n) is 4.30. The van der Waals surface area contributed by atoms with Gasteiger partial charge in [0.25, 0.3) is 11.8 Å². The zero-order chi connectivity index (χ0) is 20.4. The fourth-order valence-corrected chi connectivity index (χ4v) is 2.98. The number of amides is 2. The van der Waals surface area contributed by atoms with Crippen LogP contribution in [0.2, 0.25) is 0 Å². The van der Waals surface area contributed by atoms with Crippen LogP contribution >= 0.6 is 0 Å². The molecule has 29 heavy (non-hydrogen) atoms. The number of anilines is 1. The number of H-pyrrole nitrogens is 1. The number of carbonyl (C=O) groups excluding carboxylic acids is 3. The molecule has 3 heterocycles. The van der Waals surface area contributed by atoms with Crippen molar-refractivity contribution in [2.75, 3.05) is 18.5 Å². The molecule has 2 aromatic heterocycles. The molecule has 0 saturated carbocycles. The summed E-state index contributed by atoms with van der Waals surface area (Å²) in [7, 11) is 0. The summed E-state index contributed by atoms with van der Waals surface area (Å²) in [6.07, 6.45) is 2.67. The molecule has 0 unspecified atom stereocenters. The molecule has 10 heteroatoms. The Morgan fingerprint density at radius 3 is 3.00 bits per heavy atom. The number of ether oxygens (including phenoxy) is 2. The van der Waals surface area contributed by atoms with Crippen molar-refractivity contribution >= 4 is 34.5 Å². The molecular weight excluding hydrogens is 378 g/mol. The number of aromatic nitrogens is 3. The first kappa shape index (κ1) is 18.4. The summed E-state index contributed by atoms with van der Waals surface area (Å²) in [6, 6.07) is 5.26. The van der Waals surface area contributed by atoms with Crippen LogP contribution in [-0.2, 0) is 16.1 Å². The molecule has 4 rings (SSSR count). The van der Waals surface area contributed by atoms with Crippen LogP contribution in [0.15, 0.2) is 30.7 Å². The van der Waals surface area contributed by atoms with Gasteiger partial charge in [-0.05, 0) is 24.6 Å². The maximum Gasteiger partial charge on any atom is 0.341 e. The van der Waals surface area contributed by atoms with Gasteiger partial charge in [0.05, 0.1) is 17.8 Å². The van der Waals surface area contributed by atoms with Crippen LogP contribution < -0.4 is 15.4 Å². The van der Waals surface area contributed by atoms with E-state index in [-0.39, 0.29) is 36.9 Å². The van der Waals surface area contributed by atoms with Gasteiger partial charge in [-0.25, -0.2) is 14.8 Å². The topological polar surface area (TPSA) is 135 Å². The van der Waals surface area contributed by atoms with Gasteiger partial charge in [-0.1, -0.05) is 6.07 Å². The number of hydrogen-bond donors (Lipinski definition) is 3. The highest BCUT2D eigenvalue weighted by Crippen LogP contribution is 2.28. The van der Waals surface area contributed by atoms with Gasteiger partial charge in [-0.2, -0.15) is 0 Å². The molecule has 148 valence electrons. The molecule has 10 nitrogen and oxygen atoms in total. The van der Waals surface area contributed by atoms with Crippen molar-refractivity contribution < 1.29 is 23.9 Å². The Labute approximate surface area is 164 Å². The Balaban J connectivity index is 1.52. The molecule has 0 bridgehead atoms. The Morgan fingerprint density at radius 1 is 1.31 bits per heavy atom. The molecule has 3 aromatic rings. The summed E-state index contributed by atoms with van der Waals surface area (Å²) < 4.78 is 10.3. The van der Waals surface area contributed by atoms with Gasteiger partial charge >= 0.3 is 5.97 Å². The van der Waals surface area contributed by atoms with Gasteiger partial charge in [0, 0.05) is 12.7 Å². The predicted octanol–water partition coefficient (Wildman–Crippen LogP) is 1.40. The maximum atomic E-state index is 12.6. The van der Waals surface area contributed by atoms with Crippen LogP contribution in [0.1, 0.15) is 33.3 Å². The first-order chi connectivity index (χ1) is 14.1. The largest absolute Gasteiger partial charge is 0.482 e. The molecule has 0 atom stereocenters. The smallest absolute Gasteiger partial charge is 0.341 e. The Hall–Kier alpha value is -3.95. The highest BCUT2D eigenvalue weighted by molar-refractivity contribution is 6.09. The van der Waals surface area contributed by atoms with Crippen LogP contribution in [0.25, 0.3) is 11.0 Å². The minimum atomic E-state index is -0.526. The van der Waals surface area contributed by atoms with Gasteiger partial charge in [-0.15, -0.1) is 0 Å². The fourth-order valence-electron chi connectivity index (χ4n) is 2.98. The van der Waals surface area contributed by atoms with Crippen molar-refractivity contribution in [3.63, 3.8) is 0 Å². The molecule has 0 saturated heterocycles. The summed E-state index contributed by atoms with van der Waals surface area (Å²) >= 11 is 0. The van der Waals surface area contributed by atoms with E-state index in [0.717, 1.165) is 5.56 Å². The quantitative estimate of drug-likeness (QED) is 0.556. The number of rotatable bonds is 5. The van der Waals surface area contributed by atoms with Crippen molar-refractivity contribution in [2.45, 2.75) is 13.5 Å². The van der Waals surface area contributed by atoms with Gasteiger partial charge in [0.2, 0.25) is 0 Å². The first-order valence-corrected chi connectivity index (χ1v) is 8.89. The monoisotopic (exact) mass is 395 g/mol. The van der Waals surface area contributed by atoms with Crippen LogP contribution in [-0.4, -0.2) is 45.9 Å². The van der Waals surface area contributed by atoms with Gasteiger partial charge in [0.1, 0.15) is 23.2 Å². The average Bonchev–Trinajstić information content (AvgIpc) is 3.16. The van der Waals surface area contributed by atoms with Gasteiger partial charge < -0.3 is 25.1 Å². The van der Waals surface area contributed by atoms with E-state index in [1.807, 2.05) is 0 Å². The van der Waals surface area contributed by atoms with E-state index in [1.165, 1.54) is 12.5 Å². The molecular formula is C19H17N5O5. The average molecular weight is 395 g/mol. The van der Waals surface area contributed by atoms with Crippen molar-refractivity contribution in [1.82, 2.24) is 20.3 Å². The predicted molar refractivity (Wildman–Crippen MR) is 102 cm³/mol. The van der Waals surface area contributed by atoms with Crippen molar-refractivity contribution in [2.24, 2.45) is 0 Å². The molecule has 1 aromatic carbocycles. The van der Waals surface area contributed by atoms with E-state index in [4.69, 9.17) is 9.47 Å². The first-order valence-electron chi connectivity index (χ1n) is 8.89. The zero-order valence-corrected chi connectivity index (χ0v) is 15.4. The Kier molecular flexibility index (Phi) is 4.82. The normalized spacial score (nSPS) is 12.7. The van der Waals surface area contributed by atoms with E-state index in [1.54, 1.807) is 25.1 Å². The second kappa shape index (κ2) is 7.58. The lowest BCUT2D eigenvalue weighted by atomic mass is 10.1. The van der Waals surface area contributed by atoms with Gasteiger partial charge in [-0.3, -0.25) is 9.59 Å². The lowest BCUT2D eigenvalue weighted by Crippen LogP contribution is -2.26. The third-order valence-corrected chi connectivity index (χ3v) is 4.30. The number of nitrogens with zero attached hydrogens (tertiary/aromatic N) is 2. The lowest BCUT2D eigenvalue weighted by Gasteiger charge is -2.18. The molecule has 2 amide bonds. The Morgan fingerprint density at radius 2 is 2.17 bits per heavy atom. The molecule has 1 aliphatic rings. The molecule has 0 fully saturated rings. The molecule has 1 aliphatic heterocycles. The van der Waals surface area contributed by atoms with E-state index in [9.17, 15) is 14.4 Å².